The average molecular weight is 211 g/mol. The van der Waals surface area contributed by atoms with Crippen LogP contribution in [0.3, 0.4) is 0 Å². The zero-order valence-corrected chi connectivity index (χ0v) is 8.51. The van der Waals surface area contributed by atoms with Gasteiger partial charge in [0.2, 0.25) is 0 Å². The van der Waals surface area contributed by atoms with Gasteiger partial charge in [0.05, 0.1) is 5.56 Å². The minimum atomic E-state index is 0.327. The van der Waals surface area contributed by atoms with Crippen LogP contribution in [0.25, 0.3) is 10.4 Å². The van der Waals surface area contributed by atoms with Gasteiger partial charge in [-0.2, -0.15) is 5.26 Å². The van der Waals surface area contributed by atoms with Crippen molar-refractivity contribution in [2.75, 3.05) is 12.3 Å². The Morgan fingerprint density at radius 1 is 1.44 bits per heavy atom. The fraction of sp³-hybridized carbons (Fsp3) is 0.182. The molecule has 0 heterocycles. The molecule has 1 aromatic rings. The van der Waals surface area contributed by atoms with Gasteiger partial charge in [0.15, 0.2) is 0 Å². The van der Waals surface area contributed by atoms with Gasteiger partial charge in [-0.3, -0.25) is 0 Å². The highest BCUT2D eigenvalue weighted by Gasteiger charge is 1.98. The highest BCUT2D eigenvalue weighted by molar-refractivity contribution is 5.55. The number of hydrogen-bond donors (Lipinski definition) is 1. The van der Waals surface area contributed by atoms with E-state index in [1.54, 1.807) is 18.2 Å². The van der Waals surface area contributed by atoms with Gasteiger partial charge in [0, 0.05) is 29.1 Å². The lowest BCUT2D eigenvalue weighted by molar-refractivity contribution is 1.01. The lowest BCUT2D eigenvalue weighted by atomic mass is 10.1. The Bertz CT molecular complexity index is 524. The lowest BCUT2D eigenvalue weighted by Gasteiger charge is -1.96. The number of azide groups is 1. The molecule has 78 valence electrons. The Morgan fingerprint density at radius 3 is 2.94 bits per heavy atom. The van der Waals surface area contributed by atoms with E-state index in [2.05, 4.69) is 21.9 Å². The highest BCUT2D eigenvalue weighted by Crippen LogP contribution is 2.11. The first kappa shape index (κ1) is 11.5. The zero-order chi connectivity index (χ0) is 11.8. The Balaban J connectivity index is 2.83. The van der Waals surface area contributed by atoms with Gasteiger partial charge in [-0.15, -0.1) is 0 Å². The van der Waals surface area contributed by atoms with E-state index in [1.807, 2.05) is 6.07 Å². The van der Waals surface area contributed by atoms with Crippen LogP contribution in [0.15, 0.2) is 23.3 Å². The number of nitrogens with two attached hydrogens (primary N) is 1. The maximum Gasteiger partial charge on any atom is 0.100 e. The molecule has 2 N–H and O–H groups in total. The van der Waals surface area contributed by atoms with Gasteiger partial charge >= 0.3 is 0 Å². The van der Waals surface area contributed by atoms with Crippen molar-refractivity contribution in [2.24, 2.45) is 5.11 Å². The molecule has 0 unspecified atom stereocenters. The third-order valence-electron chi connectivity index (χ3n) is 1.79. The summed E-state index contributed by atoms with van der Waals surface area (Å²) in [7, 11) is 0. The van der Waals surface area contributed by atoms with E-state index in [1.165, 1.54) is 0 Å². The van der Waals surface area contributed by atoms with Crippen molar-refractivity contribution in [3.8, 4) is 17.9 Å². The Labute approximate surface area is 93.1 Å². The molecule has 0 aliphatic heterocycles. The van der Waals surface area contributed by atoms with Crippen LogP contribution in [-0.2, 0) is 0 Å². The topological polar surface area (TPSA) is 98.6 Å². The summed E-state index contributed by atoms with van der Waals surface area (Å²) in [6.45, 7) is 0.327. The highest BCUT2D eigenvalue weighted by atomic mass is 15.1. The van der Waals surface area contributed by atoms with Crippen LogP contribution in [0.5, 0.6) is 0 Å². The molecule has 0 atom stereocenters. The molecular formula is C11H9N5. The number of nitrogen functional groups attached to an aromatic ring is 1. The Morgan fingerprint density at radius 2 is 2.25 bits per heavy atom. The predicted octanol–water partition coefficient (Wildman–Crippen LogP) is 2.19. The van der Waals surface area contributed by atoms with E-state index in [-0.39, 0.29) is 0 Å². The number of hydrogen-bond acceptors (Lipinski definition) is 3. The van der Waals surface area contributed by atoms with E-state index in [9.17, 15) is 0 Å². The summed E-state index contributed by atoms with van der Waals surface area (Å²) in [6, 6.07) is 6.97. The molecule has 1 rings (SSSR count). The molecule has 1 aromatic carbocycles. The van der Waals surface area contributed by atoms with Crippen LogP contribution in [0.4, 0.5) is 5.69 Å². The van der Waals surface area contributed by atoms with Gasteiger partial charge in [0.1, 0.15) is 6.07 Å². The third kappa shape index (κ3) is 3.26. The second-order valence-corrected chi connectivity index (χ2v) is 2.92. The fourth-order valence-electron chi connectivity index (χ4n) is 1.07. The fourth-order valence-corrected chi connectivity index (χ4v) is 1.07. The summed E-state index contributed by atoms with van der Waals surface area (Å²) < 4.78 is 0. The molecule has 0 aliphatic rings. The van der Waals surface area contributed by atoms with Crippen molar-refractivity contribution >= 4 is 5.69 Å². The van der Waals surface area contributed by atoms with Crippen molar-refractivity contribution in [1.29, 1.82) is 5.26 Å². The summed E-state index contributed by atoms with van der Waals surface area (Å²) in [6.07, 6.45) is 0.462. The summed E-state index contributed by atoms with van der Waals surface area (Å²) in [5.74, 6) is 5.65. The monoisotopic (exact) mass is 211 g/mol. The average Bonchev–Trinajstić information content (AvgIpc) is 2.29. The minimum absolute atomic E-state index is 0.327. The van der Waals surface area contributed by atoms with Crippen molar-refractivity contribution in [3.63, 3.8) is 0 Å². The minimum Gasteiger partial charge on any atom is -0.399 e. The van der Waals surface area contributed by atoms with Crippen molar-refractivity contribution in [3.05, 3.63) is 39.8 Å². The molecule has 0 fully saturated rings. The quantitative estimate of drug-likeness (QED) is 0.202. The normalized spacial score (nSPS) is 8.19. The molecule has 5 heteroatoms. The van der Waals surface area contributed by atoms with E-state index in [0.29, 0.717) is 29.8 Å². The van der Waals surface area contributed by atoms with Gasteiger partial charge in [0.25, 0.3) is 0 Å². The second-order valence-electron chi connectivity index (χ2n) is 2.92. The molecule has 0 amide bonds. The number of nitriles is 1. The van der Waals surface area contributed by atoms with Gasteiger partial charge in [-0.25, -0.2) is 0 Å². The first-order valence-corrected chi connectivity index (χ1v) is 4.57. The maximum atomic E-state index is 8.82. The van der Waals surface area contributed by atoms with Crippen LogP contribution in [-0.4, -0.2) is 6.54 Å². The van der Waals surface area contributed by atoms with E-state index in [0.717, 1.165) is 0 Å². The van der Waals surface area contributed by atoms with Crippen LogP contribution in [0.1, 0.15) is 17.5 Å². The summed E-state index contributed by atoms with van der Waals surface area (Å²) in [5.41, 5.74) is 15.3. The van der Waals surface area contributed by atoms with E-state index in [4.69, 9.17) is 16.5 Å². The van der Waals surface area contributed by atoms with E-state index >= 15 is 0 Å². The summed E-state index contributed by atoms with van der Waals surface area (Å²) >= 11 is 0. The number of anilines is 1. The SMILES string of the molecule is N#Cc1ccc(N)cc1C#CCCN=[N+]=[N-]. The van der Waals surface area contributed by atoms with Crippen molar-refractivity contribution in [2.45, 2.75) is 6.42 Å². The van der Waals surface area contributed by atoms with Gasteiger partial charge < -0.3 is 5.73 Å². The van der Waals surface area contributed by atoms with Crippen LogP contribution in [0.2, 0.25) is 0 Å². The molecular weight excluding hydrogens is 202 g/mol. The molecule has 0 spiro atoms. The number of benzene rings is 1. The predicted molar refractivity (Wildman–Crippen MR) is 61.1 cm³/mol. The van der Waals surface area contributed by atoms with Gasteiger partial charge in [-0.05, 0) is 23.7 Å². The smallest absolute Gasteiger partial charge is 0.100 e. The first-order chi connectivity index (χ1) is 7.77. The molecule has 0 radical (unpaired) electrons. The Hall–Kier alpha value is -2.62. The first-order valence-electron chi connectivity index (χ1n) is 4.57. The molecule has 0 aliphatic carbocycles. The second kappa shape index (κ2) is 5.98. The van der Waals surface area contributed by atoms with Gasteiger partial charge in [-0.1, -0.05) is 17.0 Å². The maximum absolute atomic E-state index is 8.82. The lowest BCUT2D eigenvalue weighted by Crippen LogP contribution is -1.89. The molecule has 16 heavy (non-hydrogen) atoms. The Kier molecular flexibility index (Phi) is 4.28. The van der Waals surface area contributed by atoms with E-state index < -0.39 is 0 Å². The number of rotatable bonds is 2. The third-order valence-corrected chi connectivity index (χ3v) is 1.79. The van der Waals surface area contributed by atoms with Crippen LogP contribution >= 0.6 is 0 Å². The van der Waals surface area contributed by atoms with Crippen LogP contribution in [0, 0.1) is 23.2 Å². The molecule has 0 aromatic heterocycles. The summed E-state index contributed by atoms with van der Waals surface area (Å²) in [5, 5.41) is 12.2. The molecule has 0 bridgehead atoms. The molecule has 5 nitrogen and oxygen atoms in total. The van der Waals surface area contributed by atoms with Crippen LogP contribution < -0.4 is 5.73 Å². The largest absolute Gasteiger partial charge is 0.399 e. The summed E-state index contributed by atoms with van der Waals surface area (Å²) in [4.78, 5) is 2.61. The standard InChI is InChI=1S/C11H9N5/c12-8-10-4-5-11(13)7-9(10)3-1-2-6-15-16-14/h4-5,7H,2,6,13H2. The van der Waals surface area contributed by atoms with Crippen molar-refractivity contribution < 1.29 is 0 Å². The zero-order valence-electron chi connectivity index (χ0n) is 8.51. The molecule has 0 saturated heterocycles. The van der Waals surface area contributed by atoms with Crippen molar-refractivity contribution in [1.82, 2.24) is 0 Å². The number of nitrogens with zero attached hydrogens (tertiary/aromatic N) is 4. The molecule has 0 saturated carbocycles.